The van der Waals surface area contributed by atoms with E-state index in [2.05, 4.69) is 72.2 Å². The van der Waals surface area contributed by atoms with Gasteiger partial charge in [-0.2, -0.15) is 0 Å². The van der Waals surface area contributed by atoms with Gasteiger partial charge in [0.15, 0.2) is 0 Å². The molecule has 0 amide bonds. The van der Waals surface area contributed by atoms with Crippen LogP contribution in [0.3, 0.4) is 0 Å². The fourth-order valence-electron chi connectivity index (χ4n) is 2.23. The van der Waals surface area contributed by atoms with E-state index in [1.54, 1.807) is 0 Å². The summed E-state index contributed by atoms with van der Waals surface area (Å²) in [6.45, 7) is 8.66. The molecule has 0 saturated heterocycles. The van der Waals surface area contributed by atoms with Crippen LogP contribution in [-0.4, -0.2) is 16.1 Å². The molecule has 2 aromatic rings. The van der Waals surface area contributed by atoms with E-state index in [9.17, 15) is 0 Å². The summed E-state index contributed by atoms with van der Waals surface area (Å²) in [5.74, 6) is 2.18. The maximum Gasteiger partial charge on any atom is 0.202 e. The van der Waals surface area contributed by atoms with E-state index in [0.29, 0.717) is 11.8 Å². The number of nitrogens with one attached hydrogen (secondary N) is 1. The average Bonchev–Trinajstić information content (AvgIpc) is 2.91. The molecule has 0 saturated carbocycles. The van der Waals surface area contributed by atoms with Gasteiger partial charge >= 0.3 is 0 Å². The van der Waals surface area contributed by atoms with Gasteiger partial charge in [-0.25, -0.2) is 4.98 Å². The molecule has 3 heteroatoms. The molecule has 0 aliphatic heterocycles. The molecule has 20 heavy (non-hydrogen) atoms. The van der Waals surface area contributed by atoms with Crippen LogP contribution in [0.1, 0.15) is 38.7 Å². The highest BCUT2D eigenvalue weighted by atomic mass is 15.2. The van der Waals surface area contributed by atoms with Crippen LogP contribution in [0.2, 0.25) is 0 Å². The minimum atomic E-state index is 0.566. The molecular formula is C17H25N3. The van der Waals surface area contributed by atoms with Crippen molar-refractivity contribution < 1.29 is 0 Å². The van der Waals surface area contributed by atoms with Crippen LogP contribution in [0.5, 0.6) is 0 Å². The van der Waals surface area contributed by atoms with Gasteiger partial charge in [0.2, 0.25) is 5.95 Å². The van der Waals surface area contributed by atoms with E-state index < -0.39 is 0 Å². The molecule has 1 aromatic carbocycles. The Morgan fingerprint density at radius 1 is 1.15 bits per heavy atom. The van der Waals surface area contributed by atoms with Gasteiger partial charge in [-0.15, -0.1) is 0 Å². The van der Waals surface area contributed by atoms with Crippen LogP contribution in [0.15, 0.2) is 42.7 Å². The topological polar surface area (TPSA) is 29.9 Å². The van der Waals surface area contributed by atoms with E-state index in [1.165, 1.54) is 5.56 Å². The lowest BCUT2D eigenvalue weighted by molar-refractivity contribution is 0.576. The lowest BCUT2D eigenvalue weighted by Gasteiger charge is -2.15. The number of imidazole rings is 1. The number of rotatable bonds is 7. The van der Waals surface area contributed by atoms with Gasteiger partial charge in [-0.3, -0.25) is 0 Å². The number of anilines is 1. The first-order chi connectivity index (χ1) is 9.66. The van der Waals surface area contributed by atoms with Crippen molar-refractivity contribution in [3.63, 3.8) is 0 Å². The molecule has 1 unspecified atom stereocenters. The van der Waals surface area contributed by atoms with Gasteiger partial charge < -0.3 is 9.88 Å². The van der Waals surface area contributed by atoms with Crippen molar-refractivity contribution in [2.75, 3.05) is 11.9 Å². The molecule has 0 radical (unpaired) electrons. The zero-order valence-electron chi connectivity index (χ0n) is 12.7. The van der Waals surface area contributed by atoms with E-state index in [4.69, 9.17) is 0 Å². The van der Waals surface area contributed by atoms with E-state index in [-0.39, 0.29) is 0 Å². The van der Waals surface area contributed by atoms with Crippen molar-refractivity contribution in [2.24, 2.45) is 5.92 Å². The number of benzene rings is 1. The first-order valence-corrected chi connectivity index (χ1v) is 7.46. The summed E-state index contributed by atoms with van der Waals surface area (Å²) in [5.41, 5.74) is 1.41. The predicted molar refractivity (Wildman–Crippen MR) is 85.0 cm³/mol. The molecule has 0 spiro atoms. The Balaban J connectivity index is 1.89. The summed E-state index contributed by atoms with van der Waals surface area (Å²) in [5, 5.41) is 3.41. The highest BCUT2D eigenvalue weighted by molar-refractivity contribution is 5.26. The smallest absolute Gasteiger partial charge is 0.202 e. The Labute approximate surface area is 122 Å². The highest BCUT2D eigenvalue weighted by Gasteiger charge is 2.07. The quantitative estimate of drug-likeness (QED) is 0.820. The van der Waals surface area contributed by atoms with Gasteiger partial charge in [0.25, 0.3) is 0 Å². The van der Waals surface area contributed by atoms with Crippen LogP contribution >= 0.6 is 0 Å². The Morgan fingerprint density at radius 2 is 1.90 bits per heavy atom. The maximum atomic E-state index is 4.39. The minimum Gasteiger partial charge on any atom is -0.355 e. The molecule has 0 fully saturated rings. The predicted octanol–water partition coefficient (Wildman–Crippen LogP) is 4.14. The molecule has 0 aliphatic rings. The van der Waals surface area contributed by atoms with Gasteiger partial charge in [-0.05, 0) is 23.8 Å². The van der Waals surface area contributed by atoms with E-state index >= 15 is 0 Å². The van der Waals surface area contributed by atoms with Gasteiger partial charge in [0.05, 0.1) is 0 Å². The Kier molecular flexibility index (Phi) is 5.22. The number of hydrogen-bond acceptors (Lipinski definition) is 2. The fraction of sp³-hybridized carbons (Fsp3) is 0.471. The fourth-order valence-corrected chi connectivity index (χ4v) is 2.23. The zero-order valence-corrected chi connectivity index (χ0v) is 12.7. The number of aryl methyl sites for hydroxylation is 1. The molecule has 1 atom stereocenters. The maximum absolute atomic E-state index is 4.39. The molecule has 0 bridgehead atoms. The second kappa shape index (κ2) is 7.13. The van der Waals surface area contributed by atoms with E-state index in [1.807, 2.05) is 6.20 Å². The van der Waals surface area contributed by atoms with Gasteiger partial charge in [0.1, 0.15) is 0 Å². The lowest BCUT2D eigenvalue weighted by atomic mass is 9.98. The lowest BCUT2D eigenvalue weighted by Crippen LogP contribution is -2.13. The highest BCUT2D eigenvalue weighted by Crippen LogP contribution is 2.20. The first kappa shape index (κ1) is 14.6. The van der Waals surface area contributed by atoms with Crippen LogP contribution in [0.25, 0.3) is 0 Å². The summed E-state index contributed by atoms with van der Waals surface area (Å²) < 4.78 is 2.21. The third kappa shape index (κ3) is 4.12. The SMILES string of the molecule is CC(C)CNc1nccn1CCC(C)c1ccccc1. The number of nitrogens with zero attached hydrogens (tertiary/aromatic N) is 2. The van der Waals surface area contributed by atoms with Crippen molar-refractivity contribution in [3.8, 4) is 0 Å². The van der Waals surface area contributed by atoms with Crippen molar-refractivity contribution in [1.29, 1.82) is 0 Å². The van der Waals surface area contributed by atoms with Gasteiger partial charge in [-0.1, -0.05) is 51.1 Å². The summed E-state index contributed by atoms with van der Waals surface area (Å²) in [4.78, 5) is 4.39. The summed E-state index contributed by atoms with van der Waals surface area (Å²) in [7, 11) is 0. The molecule has 1 N–H and O–H groups in total. The first-order valence-electron chi connectivity index (χ1n) is 7.46. The molecule has 1 aromatic heterocycles. The van der Waals surface area contributed by atoms with Crippen LogP contribution in [0.4, 0.5) is 5.95 Å². The number of aromatic nitrogens is 2. The third-order valence-electron chi connectivity index (χ3n) is 3.56. The molecule has 2 rings (SSSR count). The molecule has 0 aliphatic carbocycles. The Hall–Kier alpha value is -1.77. The van der Waals surface area contributed by atoms with Crippen molar-refractivity contribution in [2.45, 2.75) is 39.7 Å². The standard InChI is InChI=1S/C17H25N3/c1-14(2)13-19-17-18-10-12-20(17)11-9-15(3)16-7-5-4-6-8-16/h4-8,10,12,14-15H,9,11,13H2,1-3H3,(H,18,19). The van der Waals surface area contributed by atoms with Crippen molar-refractivity contribution in [1.82, 2.24) is 9.55 Å². The summed E-state index contributed by atoms with van der Waals surface area (Å²) in [6, 6.07) is 10.7. The third-order valence-corrected chi connectivity index (χ3v) is 3.56. The molecular weight excluding hydrogens is 246 g/mol. The summed E-state index contributed by atoms with van der Waals surface area (Å²) in [6.07, 6.45) is 5.05. The normalized spacial score (nSPS) is 12.6. The second-order valence-electron chi connectivity index (χ2n) is 5.82. The zero-order chi connectivity index (χ0) is 14.4. The average molecular weight is 271 g/mol. The monoisotopic (exact) mass is 271 g/mol. The minimum absolute atomic E-state index is 0.566. The largest absolute Gasteiger partial charge is 0.355 e. The molecule has 1 heterocycles. The van der Waals surface area contributed by atoms with Crippen molar-refractivity contribution >= 4 is 5.95 Å². The van der Waals surface area contributed by atoms with Crippen LogP contribution < -0.4 is 5.32 Å². The number of hydrogen-bond donors (Lipinski definition) is 1. The molecule has 108 valence electrons. The summed E-state index contributed by atoms with van der Waals surface area (Å²) >= 11 is 0. The van der Waals surface area contributed by atoms with Crippen LogP contribution in [-0.2, 0) is 6.54 Å². The second-order valence-corrected chi connectivity index (χ2v) is 5.82. The van der Waals surface area contributed by atoms with Crippen molar-refractivity contribution in [3.05, 3.63) is 48.3 Å². The van der Waals surface area contributed by atoms with E-state index in [0.717, 1.165) is 25.5 Å². The Bertz CT molecular complexity index is 502. The molecule has 3 nitrogen and oxygen atoms in total. The Morgan fingerprint density at radius 3 is 2.60 bits per heavy atom. The van der Waals surface area contributed by atoms with Crippen LogP contribution in [0, 0.1) is 5.92 Å². The van der Waals surface area contributed by atoms with Gasteiger partial charge in [0, 0.05) is 25.5 Å².